The van der Waals surface area contributed by atoms with Crippen LogP contribution in [0.4, 0.5) is 10.6 Å². The van der Waals surface area contributed by atoms with Gasteiger partial charge in [-0.2, -0.15) is 5.10 Å². The molecule has 9 heteroatoms. The van der Waals surface area contributed by atoms with Gasteiger partial charge in [0.15, 0.2) is 0 Å². The molecule has 9 nitrogen and oxygen atoms in total. The fourth-order valence-corrected chi connectivity index (χ4v) is 2.97. The number of anilines is 1. The first-order chi connectivity index (χ1) is 12.6. The van der Waals surface area contributed by atoms with E-state index in [1.165, 1.54) is 4.90 Å². The predicted molar refractivity (Wildman–Crippen MR) is 97.5 cm³/mol. The maximum Gasteiger partial charge on any atom is 0.407 e. The first kappa shape index (κ1) is 15.9. The Morgan fingerprint density at radius 1 is 1.31 bits per heavy atom. The van der Waals surface area contributed by atoms with E-state index in [1.54, 1.807) is 13.1 Å². The van der Waals surface area contributed by atoms with E-state index >= 15 is 0 Å². The Morgan fingerprint density at radius 3 is 2.85 bits per heavy atom. The maximum atomic E-state index is 11.2. The molecule has 3 aromatic heterocycles. The Balaban J connectivity index is 1.83. The van der Waals surface area contributed by atoms with Gasteiger partial charge in [-0.1, -0.05) is 6.07 Å². The van der Waals surface area contributed by atoms with Gasteiger partial charge in [0.2, 0.25) is 0 Å². The lowest BCUT2D eigenvalue weighted by atomic mass is 10.1. The summed E-state index contributed by atoms with van der Waals surface area (Å²) >= 11 is 0. The van der Waals surface area contributed by atoms with E-state index in [9.17, 15) is 9.90 Å². The van der Waals surface area contributed by atoms with Crippen molar-refractivity contribution in [2.45, 2.75) is 13.5 Å². The van der Waals surface area contributed by atoms with Crippen LogP contribution < -0.4 is 5.73 Å². The number of carbonyl (C=O) groups is 1. The molecule has 1 aromatic carbocycles. The first-order valence-electron chi connectivity index (χ1n) is 8.12. The zero-order chi connectivity index (χ0) is 18.3. The van der Waals surface area contributed by atoms with Crippen molar-refractivity contribution in [1.82, 2.24) is 30.0 Å². The number of fused-ring (bicyclic) bond motifs is 3. The molecule has 0 saturated heterocycles. The van der Waals surface area contributed by atoms with E-state index in [0.29, 0.717) is 34.7 Å². The van der Waals surface area contributed by atoms with Crippen LogP contribution in [0, 0.1) is 0 Å². The van der Waals surface area contributed by atoms with Crippen LogP contribution in [0.25, 0.3) is 33.2 Å². The number of benzene rings is 1. The molecule has 0 atom stereocenters. The largest absolute Gasteiger partial charge is 0.465 e. The minimum absolute atomic E-state index is 0.160. The SMILES string of the molecule is CCN(Cc1nc2c([nH]1)c(N)nc1cc(-c3ccn[nH]3)ccc12)C(=O)O. The van der Waals surface area contributed by atoms with E-state index < -0.39 is 6.09 Å². The third kappa shape index (κ3) is 2.59. The highest BCUT2D eigenvalue weighted by molar-refractivity contribution is 6.07. The highest BCUT2D eigenvalue weighted by Crippen LogP contribution is 2.29. The summed E-state index contributed by atoms with van der Waals surface area (Å²) < 4.78 is 0. The lowest BCUT2D eigenvalue weighted by Gasteiger charge is -2.14. The summed E-state index contributed by atoms with van der Waals surface area (Å²) in [6.45, 7) is 2.31. The van der Waals surface area contributed by atoms with Crippen molar-refractivity contribution in [2.75, 3.05) is 12.3 Å². The number of nitrogens with two attached hydrogens (primary N) is 1. The zero-order valence-corrected chi connectivity index (χ0v) is 14.0. The minimum atomic E-state index is -0.992. The molecule has 0 aliphatic carbocycles. The van der Waals surface area contributed by atoms with Crippen LogP contribution in [-0.4, -0.2) is 47.8 Å². The van der Waals surface area contributed by atoms with Gasteiger partial charge in [-0.25, -0.2) is 14.8 Å². The van der Waals surface area contributed by atoms with Crippen molar-refractivity contribution in [3.05, 3.63) is 36.3 Å². The maximum absolute atomic E-state index is 11.2. The van der Waals surface area contributed by atoms with Gasteiger partial charge in [0.05, 0.1) is 17.8 Å². The number of carboxylic acid groups (broad SMARTS) is 1. The summed E-state index contributed by atoms with van der Waals surface area (Å²) in [4.78, 5) is 24.6. The van der Waals surface area contributed by atoms with Gasteiger partial charge in [0.25, 0.3) is 0 Å². The quantitative estimate of drug-likeness (QED) is 0.446. The van der Waals surface area contributed by atoms with Crippen LogP contribution >= 0.6 is 0 Å². The number of imidazole rings is 1. The number of hydrogen-bond donors (Lipinski definition) is 4. The normalized spacial score (nSPS) is 11.3. The average Bonchev–Trinajstić information content (AvgIpc) is 3.29. The Bertz CT molecular complexity index is 1100. The van der Waals surface area contributed by atoms with Crippen molar-refractivity contribution in [2.24, 2.45) is 0 Å². The molecular formula is C17H17N7O2. The highest BCUT2D eigenvalue weighted by Gasteiger charge is 2.16. The van der Waals surface area contributed by atoms with Gasteiger partial charge in [0.1, 0.15) is 22.7 Å². The summed E-state index contributed by atoms with van der Waals surface area (Å²) in [7, 11) is 0. The Morgan fingerprint density at radius 2 is 2.15 bits per heavy atom. The number of nitrogens with one attached hydrogen (secondary N) is 2. The standard InChI is InChI=1S/C17H17N7O2/c1-2-24(17(25)26)8-13-21-14-10-4-3-9(11-5-6-19-23-11)7-12(10)20-16(18)15(14)22-13/h3-7H,2,8H2,1H3,(H2,18,20)(H,19,23)(H,21,22)(H,25,26). The Kier molecular flexibility index (Phi) is 3.68. The van der Waals surface area contributed by atoms with Crippen molar-refractivity contribution in [3.63, 3.8) is 0 Å². The summed E-state index contributed by atoms with van der Waals surface area (Å²) in [5.74, 6) is 0.856. The number of amides is 1. The van der Waals surface area contributed by atoms with Crippen LogP contribution in [0.1, 0.15) is 12.7 Å². The van der Waals surface area contributed by atoms with Gasteiger partial charge in [-0.15, -0.1) is 0 Å². The molecule has 0 aliphatic heterocycles. The molecule has 26 heavy (non-hydrogen) atoms. The number of pyridine rings is 1. The fourth-order valence-electron chi connectivity index (χ4n) is 2.97. The van der Waals surface area contributed by atoms with Crippen molar-refractivity contribution in [3.8, 4) is 11.3 Å². The highest BCUT2D eigenvalue weighted by atomic mass is 16.4. The smallest absolute Gasteiger partial charge is 0.407 e. The van der Waals surface area contributed by atoms with Crippen molar-refractivity contribution >= 4 is 33.8 Å². The van der Waals surface area contributed by atoms with Gasteiger partial charge < -0.3 is 20.7 Å². The van der Waals surface area contributed by atoms with Crippen LogP contribution in [0.15, 0.2) is 30.5 Å². The number of aromatic amines is 2. The second-order valence-corrected chi connectivity index (χ2v) is 5.90. The molecule has 3 heterocycles. The molecule has 0 fully saturated rings. The lowest BCUT2D eigenvalue weighted by molar-refractivity contribution is 0.144. The fraction of sp³-hybridized carbons (Fsp3) is 0.176. The van der Waals surface area contributed by atoms with Gasteiger partial charge in [0, 0.05) is 23.7 Å². The second-order valence-electron chi connectivity index (χ2n) is 5.90. The van der Waals surface area contributed by atoms with Crippen LogP contribution in [-0.2, 0) is 6.54 Å². The predicted octanol–water partition coefficient (Wildman–Crippen LogP) is 2.58. The number of aromatic nitrogens is 5. The molecule has 0 unspecified atom stereocenters. The molecule has 1 amide bonds. The Hall–Kier alpha value is -3.62. The first-order valence-corrected chi connectivity index (χ1v) is 8.12. The minimum Gasteiger partial charge on any atom is -0.465 e. The van der Waals surface area contributed by atoms with E-state index in [1.807, 2.05) is 24.3 Å². The molecule has 4 rings (SSSR count). The number of nitrogens with zero attached hydrogens (tertiary/aromatic N) is 4. The molecule has 0 radical (unpaired) electrons. The third-order valence-electron chi connectivity index (χ3n) is 4.31. The molecule has 4 aromatic rings. The summed E-state index contributed by atoms with van der Waals surface area (Å²) in [6, 6.07) is 7.68. The summed E-state index contributed by atoms with van der Waals surface area (Å²) in [5.41, 5.74) is 9.93. The summed E-state index contributed by atoms with van der Waals surface area (Å²) in [6.07, 6.45) is 0.694. The summed E-state index contributed by atoms with van der Waals surface area (Å²) in [5, 5.41) is 16.9. The van der Waals surface area contributed by atoms with Crippen molar-refractivity contribution in [1.29, 1.82) is 0 Å². The topological polar surface area (TPSA) is 137 Å². The Labute approximate surface area is 147 Å². The number of hydrogen-bond acceptors (Lipinski definition) is 5. The molecule has 0 saturated carbocycles. The second kappa shape index (κ2) is 6.03. The van der Waals surface area contributed by atoms with E-state index in [0.717, 1.165) is 16.6 Å². The van der Waals surface area contributed by atoms with Crippen LogP contribution in [0.3, 0.4) is 0 Å². The molecule has 5 N–H and O–H groups in total. The number of rotatable bonds is 4. The molecule has 132 valence electrons. The van der Waals surface area contributed by atoms with Gasteiger partial charge >= 0.3 is 6.09 Å². The van der Waals surface area contributed by atoms with Gasteiger partial charge in [-0.3, -0.25) is 5.10 Å². The molecule has 0 spiro atoms. The van der Waals surface area contributed by atoms with E-state index in [-0.39, 0.29) is 6.54 Å². The average molecular weight is 351 g/mol. The van der Waals surface area contributed by atoms with Gasteiger partial charge in [-0.05, 0) is 25.1 Å². The lowest BCUT2D eigenvalue weighted by Crippen LogP contribution is -2.28. The zero-order valence-electron chi connectivity index (χ0n) is 14.0. The third-order valence-corrected chi connectivity index (χ3v) is 4.31. The van der Waals surface area contributed by atoms with Crippen molar-refractivity contribution < 1.29 is 9.90 Å². The van der Waals surface area contributed by atoms with Crippen LogP contribution in [0.2, 0.25) is 0 Å². The monoisotopic (exact) mass is 351 g/mol. The number of H-pyrrole nitrogens is 2. The van der Waals surface area contributed by atoms with E-state index in [2.05, 4.69) is 25.1 Å². The molecule has 0 aliphatic rings. The van der Waals surface area contributed by atoms with E-state index in [4.69, 9.17) is 5.73 Å². The van der Waals surface area contributed by atoms with Crippen LogP contribution in [0.5, 0.6) is 0 Å². The molecule has 0 bridgehead atoms. The number of nitrogen functional groups attached to an aromatic ring is 1. The molecular weight excluding hydrogens is 334 g/mol.